The summed E-state index contributed by atoms with van der Waals surface area (Å²) < 4.78 is 0. The molecule has 0 fully saturated rings. The molecule has 22 heavy (non-hydrogen) atoms. The summed E-state index contributed by atoms with van der Waals surface area (Å²) in [6, 6.07) is 14.4. The Hall–Kier alpha value is -2.00. The van der Waals surface area contributed by atoms with Gasteiger partial charge in [-0.05, 0) is 48.5 Å². The van der Waals surface area contributed by atoms with Crippen LogP contribution in [-0.4, -0.2) is 23.3 Å². The van der Waals surface area contributed by atoms with E-state index in [1.165, 1.54) is 0 Å². The molecule has 120 valence electrons. The van der Waals surface area contributed by atoms with Crippen LogP contribution in [0.5, 0.6) is 11.5 Å². The lowest BCUT2D eigenvalue weighted by molar-refractivity contribution is 0.474. The highest BCUT2D eigenvalue weighted by atomic mass is 16.3. The first-order valence-electron chi connectivity index (χ1n) is 7.71. The Bertz CT molecular complexity index is 495. The molecular formula is C19H27NO2. The van der Waals surface area contributed by atoms with E-state index in [4.69, 9.17) is 0 Å². The first-order chi connectivity index (χ1) is 10.4. The second kappa shape index (κ2) is 8.44. The number of rotatable bonds is 4. The van der Waals surface area contributed by atoms with Crippen LogP contribution >= 0.6 is 0 Å². The van der Waals surface area contributed by atoms with Crippen LogP contribution in [-0.2, 0) is 5.41 Å². The second-order valence-corrected chi connectivity index (χ2v) is 5.68. The molecule has 2 aromatic rings. The number of hydrogen-bond donors (Lipinski definition) is 3. The molecule has 2 aromatic carbocycles. The normalized spacial score (nSPS) is 10.7. The number of aromatic hydroxyl groups is 2. The van der Waals surface area contributed by atoms with Crippen molar-refractivity contribution in [1.29, 1.82) is 0 Å². The SMILES string of the molecule is CC(C)(c1ccc(O)cc1)c1ccc(O)cc1.CCNCC. The predicted octanol–water partition coefficient (Wildman–Crippen LogP) is 4.04. The monoisotopic (exact) mass is 301 g/mol. The van der Waals surface area contributed by atoms with Gasteiger partial charge < -0.3 is 15.5 Å². The summed E-state index contributed by atoms with van der Waals surface area (Å²) in [6.07, 6.45) is 0. The Labute approximate surface area is 133 Å². The van der Waals surface area contributed by atoms with E-state index in [-0.39, 0.29) is 16.9 Å². The summed E-state index contributed by atoms with van der Waals surface area (Å²) in [5.74, 6) is 0.547. The highest BCUT2D eigenvalue weighted by Crippen LogP contribution is 2.32. The van der Waals surface area contributed by atoms with E-state index < -0.39 is 0 Å². The number of phenolic OH excluding ortho intramolecular Hbond substituents is 2. The zero-order valence-corrected chi connectivity index (χ0v) is 13.9. The summed E-state index contributed by atoms with van der Waals surface area (Å²) in [6.45, 7) is 10.6. The Morgan fingerprint density at radius 2 is 1.05 bits per heavy atom. The average Bonchev–Trinajstić information content (AvgIpc) is 2.49. The van der Waals surface area contributed by atoms with E-state index in [9.17, 15) is 10.2 Å². The lowest BCUT2D eigenvalue weighted by Gasteiger charge is -2.26. The maximum Gasteiger partial charge on any atom is 0.115 e. The van der Waals surface area contributed by atoms with E-state index in [1.807, 2.05) is 24.3 Å². The van der Waals surface area contributed by atoms with Crippen LogP contribution in [0.2, 0.25) is 0 Å². The minimum Gasteiger partial charge on any atom is -0.508 e. The van der Waals surface area contributed by atoms with Gasteiger partial charge in [-0.1, -0.05) is 52.0 Å². The third-order valence-corrected chi connectivity index (χ3v) is 3.68. The fourth-order valence-electron chi connectivity index (χ4n) is 2.17. The Kier molecular flexibility index (Phi) is 6.93. The van der Waals surface area contributed by atoms with Gasteiger partial charge in [-0.25, -0.2) is 0 Å². The number of nitrogens with one attached hydrogen (secondary N) is 1. The molecule has 0 aromatic heterocycles. The summed E-state index contributed by atoms with van der Waals surface area (Å²) in [5.41, 5.74) is 2.10. The molecule has 3 nitrogen and oxygen atoms in total. The molecule has 0 heterocycles. The molecule has 0 amide bonds. The standard InChI is InChI=1S/C15H16O2.C4H11N/c1-15(2,11-3-7-13(16)8-4-11)12-5-9-14(17)10-6-12;1-3-5-4-2/h3-10,16-17H,1-2H3;5H,3-4H2,1-2H3. The fraction of sp³-hybridized carbons (Fsp3) is 0.368. The van der Waals surface area contributed by atoms with Crippen molar-refractivity contribution in [2.24, 2.45) is 0 Å². The van der Waals surface area contributed by atoms with Gasteiger partial charge in [-0.3, -0.25) is 0 Å². The highest BCUT2D eigenvalue weighted by Gasteiger charge is 2.22. The third-order valence-electron chi connectivity index (χ3n) is 3.68. The minimum atomic E-state index is -0.151. The van der Waals surface area contributed by atoms with Crippen molar-refractivity contribution < 1.29 is 10.2 Å². The zero-order valence-electron chi connectivity index (χ0n) is 13.9. The minimum absolute atomic E-state index is 0.151. The maximum absolute atomic E-state index is 9.30. The van der Waals surface area contributed by atoms with Gasteiger partial charge in [0.05, 0.1) is 0 Å². The van der Waals surface area contributed by atoms with Crippen LogP contribution in [0.4, 0.5) is 0 Å². The molecule has 0 aliphatic heterocycles. The van der Waals surface area contributed by atoms with Gasteiger partial charge in [0, 0.05) is 5.41 Å². The van der Waals surface area contributed by atoms with Crippen LogP contribution in [0.25, 0.3) is 0 Å². The van der Waals surface area contributed by atoms with E-state index in [0.29, 0.717) is 0 Å². The van der Waals surface area contributed by atoms with Crippen LogP contribution < -0.4 is 5.32 Å². The van der Waals surface area contributed by atoms with Crippen molar-refractivity contribution in [3.05, 3.63) is 59.7 Å². The summed E-state index contributed by atoms with van der Waals surface area (Å²) >= 11 is 0. The summed E-state index contributed by atoms with van der Waals surface area (Å²) in [4.78, 5) is 0. The van der Waals surface area contributed by atoms with Crippen LogP contribution in [0.3, 0.4) is 0 Å². The van der Waals surface area contributed by atoms with Crippen molar-refractivity contribution in [3.63, 3.8) is 0 Å². The smallest absolute Gasteiger partial charge is 0.115 e. The fourth-order valence-corrected chi connectivity index (χ4v) is 2.17. The molecule has 0 unspecified atom stereocenters. The quantitative estimate of drug-likeness (QED) is 0.799. The Morgan fingerprint density at radius 3 is 1.27 bits per heavy atom. The van der Waals surface area contributed by atoms with E-state index in [0.717, 1.165) is 24.2 Å². The number of hydrogen-bond acceptors (Lipinski definition) is 3. The number of phenols is 2. The predicted molar refractivity (Wildman–Crippen MR) is 92.6 cm³/mol. The first-order valence-corrected chi connectivity index (χ1v) is 7.71. The summed E-state index contributed by atoms with van der Waals surface area (Å²) in [7, 11) is 0. The van der Waals surface area contributed by atoms with Gasteiger partial charge in [-0.15, -0.1) is 0 Å². The van der Waals surface area contributed by atoms with Crippen molar-refractivity contribution in [1.82, 2.24) is 5.32 Å². The van der Waals surface area contributed by atoms with E-state index in [1.54, 1.807) is 24.3 Å². The van der Waals surface area contributed by atoms with E-state index >= 15 is 0 Å². The molecule has 0 atom stereocenters. The molecule has 0 aliphatic rings. The van der Waals surface area contributed by atoms with Gasteiger partial charge in [0.2, 0.25) is 0 Å². The molecule has 0 saturated carbocycles. The molecule has 0 bridgehead atoms. The van der Waals surface area contributed by atoms with Gasteiger partial charge in [0.25, 0.3) is 0 Å². The molecule has 3 heteroatoms. The lowest BCUT2D eigenvalue weighted by Crippen LogP contribution is -2.18. The van der Waals surface area contributed by atoms with Crippen molar-refractivity contribution >= 4 is 0 Å². The zero-order chi connectivity index (χ0) is 16.6. The molecule has 0 spiro atoms. The molecule has 0 radical (unpaired) electrons. The van der Waals surface area contributed by atoms with Gasteiger partial charge in [0.1, 0.15) is 11.5 Å². The number of benzene rings is 2. The third kappa shape index (κ3) is 5.08. The highest BCUT2D eigenvalue weighted by molar-refractivity contribution is 5.41. The van der Waals surface area contributed by atoms with Crippen LogP contribution in [0.15, 0.2) is 48.5 Å². The Morgan fingerprint density at radius 1 is 0.727 bits per heavy atom. The molecule has 2 rings (SSSR count). The van der Waals surface area contributed by atoms with Gasteiger partial charge in [0.15, 0.2) is 0 Å². The molecule has 3 N–H and O–H groups in total. The molecule has 0 aliphatic carbocycles. The van der Waals surface area contributed by atoms with Gasteiger partial charge >= 0.3 is 0 Å². The second-order valence-electron chi connectivity index (χ2n) is 5.68. The maximum atomic E-state index is 9.30. The summed E-state index contributed by atoms with van der Waals surface area (Å²) in [5, 5.41) is 21.7. The molecule has 0 saturated heterocycles. The largest absolute Gasteiger partial charge is 0.508 e. The lowest BCUT2D eigenvalue weighted by atomic mass is 9.78. The van der Waals surface area contributed by atoms with Crippen molar-refractivity contribution in [3.8, 4) is 11.5 Å². The topological polar surface area (TPSA) is 52.5 Å². The Balaban J connectivity index is 0.000000422. The van der Waals surface area contributed by atoms with E-state index in [2.05, 4.69) is 33.0 Å². The molecular weight excluding hydrogens is 274 g/mol. The average molecular weight is 301 g/mol. The van der Waals surface area contributed by atoms with Crippen LogP contribution in [0.1, 0.15) is 38.8 Å². The van der Waals surface area contributed by atoms with Crippen molar-refractivity contribution in [2.45, 2.75) is 33.1 Å². The van der Waals surface area contributed by atoms with Crippen LogP contribution in [0, 0.1) is 0 Å². The van der Waals surface area contributed by atoms with Crippen molar-refractivity contribution in [2.75, 3.05) is 13.1 Å². The van der Waals surface area contributed by atoms with Gasteiger partial charge in [-0.2, -0.15) is 0 Å². The first kappa shape index (κ1) is 18.1.